The number of hydrogen-bond donors (Lipinski definition) is 3. The van der Waals surface area contributed by atoms with Gasteiger partial charge in [0.2, 0.25) is 15.4 Å². The fourth-order valence-electron chi connectivity index (χ4n) is 7.45. The summed E-state index contributed by atoms with van der Waals surface area (Å²) in [6.07, 6.45) is 13.8. The molecule has 0 radical (unpaired) electrons. The highest BCUT2D eigenvalue weighted by atomic mass is 32.2. The molecule has 0 saturated heterocycles. The number of carbonyl (C=O) groups is 1. The van der Waals surface area contributed by atoms with Crippen LogP contribution in [-0.4, -0.2) is 65.2 Å². The van der Waals surface area contributed by atoms with Gasteiger partial charge in [0.15, 0.2) is 0 Å². The second-order valence-electron chi connectivity index (χ2n) is 14.5. The van der Waals surface area contributed by atoms with Crippen LogP contribution in [0.25, 0.3) is 33.4 Å². The first-order valence-corrected chi connectivity index (χ1v) is 23.4. The molecule has 308 valence electrons. The molecule has 56 heavy (non-hydrogen) atoms. The van der Waals surface area contributed by atoms with Crippen molar-refractivity contribution in [3.05, 3.63) is 60.0 Å². The lowest BCUT2D eigenvalue weighted by molar-refractivity contribution is -0.137. The van der Waals surface area contributed by atoms with Gasteiger partial charge in [-0.15, -0.1) is 0 Å². The number of rotatable bonds is 25. The van der Waals surface area contributed by atoms with Crippen molar-refractivity contribution < 1.29 is 35.7 Å². The van der Waals surface area contributed by atoms with Crippen LogP contribution in [0.4, 0.5) is 5.69 Å². The zero-order valence-corrected chi connectivity index (χ0v) is 35.3. The van der Waals surface area contributed by atoms with Gasteiger partial charge in [-0.1, -0.05) is 76.7 Å². The Morgan fingerprint density at radius 2 is 1.29 bits per heavy atom. The van der Waals surface area contributed by atoms with Gasteiger partial charge in [0.1, 0.15) is 29.3 Å². The van der Waals surface area contributed by atoms with Crippen molar-refractivity contribution in [1.82, 2.24) is 9.30 Å². The topological polar surface area (TPSA) is 157 Å². The van der Waals surface area contributed by atoms with Gasteiger partial charge < -0.3 is 14.4 Å². The quantitative estimate of drug-likeness (QED) is 0.0257. The SMILES string of the molecule is CCN(CC)c1ccc2c(-c3ccc(S(=O)(=O)NCCCCCCCCCCCCCCCC(=O)O)cc3S(=O)(=O)O)c3ccc(=[N+](CC)CC)cc-3oc2c1. The van der Waals surface area contributed by atoms with Crippen LogP contribution in [0.15, 0.2) is 68.8 Å². The van der Waals surface area contributed by atoms with Gasteiger partial charge in [-0.2, -0.15) is 8.42 Å². The van der Waals surface area contributed by atoms with Crippen LogP contribution in [0.3, 0.4) is 0 Å². The number of carboxylic acids is 1. The molecule has 13 heteroatoms. The van der Waals surface area contributed by atoms with Gasteiger partial charge in [0.05, 0.1) is 11.0 Å². The third-order valence-corrected chi connectivity index (χ3v) is 13.0. The van der Waals surface area contributed by atoms with E-state index in [2.05, 4.69) is 41.9 Å². The van der Waals surface area contributed by atoms with Gasteiger partial charge in [-0.3, -0.25) is 9.35 Å². The largest absolute Gasteiger partial charge is 0.481 e. The molecular formula is C43H62N3O8S2+. The summed E-state index contributed by atoms with van der Waals surface area (Å²) in [4.78, 5) is 12.0. The third kappa shape index (κ3) is 12.4. The number of benzene rings is 3. The first kappa shape index (κ1) is 44.9. The molecule has 1 heterocycles. The first-order chi connectivity index (χ1) is 26.8. The molecule has 2 aromatic carbocycles. The average molecular weight is 813 g/mol. The van der Waals surface area contributed by atoms with Gasteiger partial charge in [0.25, 0.3) is 10.1 Å². The Morgan fingerprint density at radius 1 is 0.714 bits per heavy atom. The molecule has 1 aliphatic heterocycles. The van der Waals surface area contributed by atoms with Crippen LogP contribution in [0.5, 0.6) is 0 Å². The van der Waals surface area contributed by atoms with Gasteiger partial charge in [-0.25, -0.2) is 17.7 Å². The zero-order chi connectivity index (χ0) is 40.7. The summed E-state index contributed by atoms with van der Waals surface area (Å²) in [7, 11) is -8.94. The van der Waals surface area contributed by atoms with E-state index >= 15 is 0 Å². The first-order valence-electron chi connectivity index (χ1n) is 20.5. The number of nitrogens with zero attached hydrogens (tertiary/aromatic N) is 2. The Morgan fingerprint density at radius 3 is 1.84 bits per heavy atom. The van der Waals surface area contributed by atoms with Crippen molar-refractivity contribution in [2.45, 2.75) is 127 Å². The summed E-state index contributed by atoms with van der Waals surface area (Å²) in [6, 6.07) is 15.5. The average Bonchev–Trinajstić information content (AvgIpc) is 3.17. The fraction of sp³-hybridized carbons (Fsp3) is 0.535. The number of anilines is 1. The summed E-state index contributed by atoms with van der Waals surface area (Å²) in [5.74, 6) is -0.185. The maximum Gasteiger partial charge on any atom is 0.303 e. The standard InChI is InChI=1S/C43H61N3O8S2/c1-5-45(6-2)33-23-26-36-39(30-33)54-40-31-34(46(7-3)8-4)24-27-37(40)43(36)38-28-25-35(32-41(38)56(51,52)53)55(49,50)44-29-21-19-17-15-13-11-9-10-12-14-16-18-20-22-42(47)48/h23-28,30-32,44H,5-22,29H2,1-4H3,(H-,47,48,51,52,53)/p+1. The maximum absolute atomic E-state index is 13.4. The van der Waals surface area contributed by atoms with Crippen molar-refractivity contribution in [1.29, 1.82) is 0 Å². The fourth-order valence-corrected chi connectivity index (χ4v) is 9.35. The minimum atomic E-state index is -4.87. The number of fused-ring (bicyclic) bond motifs is 2. The summed E-state index contributed by atoms with van der Waals surface area (Å²) in [6.45, 7) is 11.6. The van der Waals surface area contributed by atoms with Gasteiger partial charge >= 0.3 is 5.97 Å². The van der Waals surface area contributed by atoms with E-state index in [0.717, 1.165) is 94.7 Å². The molecular weight excluding hydrogens is 751 g/mol. The molecule has 1 aliphatic carbocycles. The number of nitrogens with one attached hydrogen (secondary N) is 1. The molecule has 0 unspecified atom stereocenters. The van der Waals surface area contributed by atoms with Gasteiger partial charge in [-0.05, 0) is 70.9 Å². The van der Waals surface area contributed by atoms with Crippen molar-refractivity contribution in [3.63, 3.8) is 0 Å². The molecule has 3 N–H and O–H groups in total. The summed E-state index contributed by atoms with van der Waals surface area (Å²) in [5, 5.41) is 10.3. The Hall–Kier alpha value is -3.78. The Labute approximate surface area is 334 Å². The summed E-state index contributed by atoms with van der Waals surface area (Å²) < 4.78 is 74.8. The predicted molar refractivity (Wildman–Crippen MR) is 225 cm³/mol. The van der Waals surface area contributed by atoms with Crippen molar-refractivity contribution in [2.24, 2.45) is 0 Å². The van der Waals surface area contributed by atoms with E-state index in [1.54, 1.807) is 0 Å². The molecule has 0 fully saturated rings. The lowest BCUT2D eigenvalue weighted by atomic mass is 9.93. The number of aliphatic carboxylic acids is 1. The zero-order valence-electron chi connectivity index (χ0n) is 33.7. The lowest BCUT2D eigenvalue weighted by Gasteiger charge is -2.22. The van der Waals surface area contributed by atoms with E-state index in [4.69, 9.17) is 9.52 Å². The van der Waals surface area contributed by atoms with Crippen molar-refractivity contribution in [2.75, 3.05) is 37.6 Å². The van der Waals surface area contributed by atoms with E-state index < -0.39 is 31.0 Å². The van der Waals surface area contributed by atoms with Crippen molar-refractivity contribution in [3.8, 4) is 22.5 Å². The van der Waals surface area contributed by atoms with E-state index in [-0.39, 0.29) is 23.4 Å². The van der Waals surface area contributed by atoms with Crippen molar-refractivity contribution >= 4 is 42.8 Å². The second-order valence-corrected chi connectivity index (χ2v) is 17.6. The number of unbranched alkanes of at least 4 members (excludes halogenated alkanes) is 12. The van der Waals surface area contributed by atoms with Crippen LogP contribution in [0.1, 0.15) is 118 Å². The molecule has 4 rings (SSSR count). The molecule has 0 atom stereocenters. The van der Waals surface area contributed by atoms with E-state index in [0.29, 0.717) is 34.3 Å². The van der Waals surface area contributed by atoms with Crippen LogP contribution in [0, 0.1) is 0 Å². The number of carboxylic acid groups (broad SMARTS) is 1. The molecule has 0 bridgehead atoms. The Bertz CT molecular complexity index is 2150. The molecule has 0 amide bonds. The van der Waals surface area contributed by atoms with E-state index in [1.165, 1.54) is 37.8 Å². The van der Waals surface area contributed by atoms with E-state index in [1.807, 2.05) is 36.4 Å². The monoisotopic (exact) mass is 812 g/mol. The lowest BCUT2D eigenvalue weighted by Crippen LogP contribution is -2.29. The highest BCUT2D eigenvalue weighted by Gasteiger charge is 2.27. The molecule has 0 saturated carbocycles. The number of sulfonamides is 1. The predicted octanol–water partition coefficient (Wildman–Crippen LogP) is 8.93. The molecule has 11 nitrogen and oxygen atoms in total. The van der Waals surface area contributed by atoms with Crippen LogP contribution in [0.2, 0.25) is 0 Å². The smallest absolute Gasteiger partial charge is 0.303 e. The Kier molecular flexibility index (Phi) is 17.4. The normalized spacial score (nSPS) is 12.1. The summed E-state index contributed by atoms with van der Waals surface area (Å²) in [5.41, 5.74) is 2.81. The van der Waals surface area contributed by atoms with Crippen LogP contribution >= 0.6 is 0 Å². The minimum absolute atomic E-state index is 0.177. The van der Waals surface area contributed by atoms with E-state index in [9.17, 15) is 26.2 Å². The molecule has 0 spiro atoms. The number of hydrogen-bond acceptors (Lipinski definition) is 7. The molecule has 2 aromatic rings. The second kappa shape index (κ2) is 21.7. The highest BCUT2D eigenvalue weighted by molar-refractivity contribution is 7.89. The molecule has 0 aromatic heterocycles. The third-order valence-electron chi connectivity index (χ3n) is 10.6. The maximum atomic E-state index is 13.4. The molecule has 2 aliphatic rings. The van der Waals surface area contributed by atoms with Crippen LogP contribution in [-0.2, 0) is 24.9 Å². The van der Waals surface area contributed by atoms with Crippen LogP contribution < -0.4 is 19.6 Å². The Balaban J connectivity index is 1.47. The minimum Gasteiger partial charge on any atom is -0.481 e. The highest BCUT2D eigenvalue weighted by Crippen LogP contribution is 2.43. The summed E-state index contributed by atoms with van der Waals surface area (Å²) >= 11 is 0. The van der Waals surface area contributed by atoms with Gasteiger partial charge in [0, 0.05) is 66.0 Å².